The summed E-state index contributed by atoms with van der Waals surface area (Å²) in [6.45, 7) is 0. The van der Waals surface area contributed by atoms with Crippen LogP contribution in [0.1, 0.15) is 5.56 Å². The van der Waals surface area contributed by atoms with E-state index >= 15 is 0 Å². The Kier molecular flexibility index (Phi) is 1.81. The van der Waals surface area contributed by atoms with Crippen LogP contribution >= 0.6 is 0 Å². The molecule has 1 N–H and O–H groups in total. The van der Waals surface area contributed by atoms with Crippen LogP contribution in [0.2, 0.25) is 0 Å². The van der Waals surface area contributed by atoms with Crippen molar-refractivity contribution in [3.8, 4) is 0 Å². The van der Waals surface area contributed by atoms with Crippen LogP contribution in [0.25, 0.3) is 0 Å². The Balaban J connectivity index is 2.69. The fourth-order valence-corrected chi connectivity index (χ4v) is 2.57. The number of carbonyl (C=O) groups is 1. The summed E-state index contributed by atoms with van der Waals surface area (Å²) >= 11 is 0. The minimum absolute atomic E-state index is 0.0292. The number of fused-ring (bicyclic) bond motifs is 1. The molecule has 4 nitrogen and oxygen atoms in total. The molecule has 1 aliphatic rings. The molecule has 6 heteroatoms. The summed E-state index contributed by atoms with van der Waals surface area (Å²) < 4.78 is 37.3. The Bertz CT molecular complexity index is 509. The number of hydrogen-bond acceptors (Lipinski definition) is 3. The molecule has 0 aliphatic carbocycles. The first-order valence-corrected chi connectivity index (χ1v) is 5.31. The summed E-state index contributed by atoms with van der Waals surface area (Å²) in [5, 5.41) is 0. The van der Waals surface area contributed by atoms with Gasteiger partial charge in [0.05, 0.1) is 11.3 Å². The Morgan fingerprint density at radius 2 is 2.07 bits per heavy atom. The van der Waals surface area contributed by atoms with Gasteiger partial charge >= 0.3 is 0 Å². The monoisotopic (exact) mass is 215 g/mol. The zero-order valence-corrected chi connectivity index (χ0v) is 7.77. The van der Waals surface area contributed by atoms with Crippen molar-refractivity contribution >= 4 is 15.9 Å². The van der Waals surface area contributed by atoms with Crippen molar-refractivity contribution in [3.63, 3.8) is 0 Å². The summed E-state index contributed by atoms with van der Waals surface area (Å²) in [5.74, 6) is -1.18. The highest BCUT2D eigenvalue weighted by atomic mass is 32.2. The van der Waals surface area contributed by atoms with E-state index in [0.29, 0.717) is 0 Å². The first-order valence-electron chi connectivity index (χ1n) is 3.83. The van der Waals surface area contributed by atoms with E-state index in [2.05, 4.69) is 0 Å². The minimum Gasteiger partial charge on any atom is -0.274 e. The summed E-state index contributed by atoms with van der Waals surface area (Å²) in [4.78, 5) is 10.9. The van der Waals surface area contributed by atoms with Gasteiger partial charge < -0.3 is 0 Å². The van der Waals surface area contributed by atoms with E-state index in [0.717, 1.165) is 18.2 Å². The van der Waals surface area contributed by atoms with Crippen LogP contribution in [0, 0.1) is 5.82 Å². The van der Waals surface area contributed by atoms with Gasteiger partial charge in [0.25, 0.3) is 10.0 Å². The largest absolute Gasteiger partial charge is 0.274 e. The van der Waals surface area contributed by atoms with Crippen LogP contribution in [0.5, 0.6) is 0 Å². The van der Waals surface area contributed by atoms with E-state index in [4.69, 9.17) is 0 Å². The van der Waals surface area contributed by atoms with Crippen LogP contribution in [-0.4, -0.2) is 14.3 Å². The summed E-state index contributed by atoms with van der Waals surface area (Å²) in [6.07, 6.45) is -0.105. The average molecular weight is 215 g/mol. The van der Waals surface area contributed by atoms with Gasteiger partial charge in [0.15, 0.2) is 0 Å². The maximum atomic E-state index is 12.7. The molecule has 0 bridgehead atoms. The molecule has 1 heterocycles. The van der Waals surface area contributed by atoms with Crippen molar-refractivity contribution in [1.82, 2.24) is 4.72 Å². The lowest BCUT2D eigenvalue weighted by Crippen LogP contribution is -2.36. The molecule has 14 heavy (non-hydrogen) atoms. The van der Waals surface area contributed by atoms with Crippen molar-refractivity contribution in [2.75, 3.05) is 0 Å². The van der Waals surface area contributed by atoms with Crippen LogP contribution < -0.4 is 4.72 Å². The third kappa shape index (κ3) is 1.37. The quantitative estimate of drug-likeness (QED) is 0.671. The highest BCUT2D eigenvalue weighted by Gasteiger charge is 2.27. The smallest absolute Gasteiger partial charge is 0.264 e. The molecule has 1 aromatic rings. The molecule has 0 saturated heterocycles. The van der Waals surface area contributed by atoms with Gasteiger partial charge in [-0.25, -0.2) is 17.5 Å². The Hall–Kier alpha value is -1.43. The van der Waals surface area contributed by atoms with E-state index in [1.807, 2.05) is 4.72 Å². The molecular weight excluding hydrogens is 209 g/mol. The van der Waals surface area contributed by atoms with E-state index in [1.165, 1.54) is 0 Å². The molecule has 1 amide bonds. The number of sulfonamides is 1. The third-order valence-corrected chi connectivity index (χ3v) is 3.38. The number of nitrogens with one attached hydrogen (secondary N) is 1. The van der Waals surface area contributed by atoms with Crippen LogP contribution in [0.3, 0.4) is 0 Å². The third-order valence-electron chi connectivity index (χ3n) is 1.91. The predicted molar refractivity (Wildman–Crippen MR) is 45.4 cm³/mol. The molecule has 74 valence electrons. The number of halogens is 1. The van der Waals surface area contributed by atoms with Gasteiger partial charge in [-0.05, 0) is 23.8 Å². The van der Waals surface area contributed by atoms with Gasteiger partial charge in [0.2, 0.25) is 5.91 Å². The maximum Gasteiger partial charge on any atom is 0.264 e. The van der Waals surface area contributed by atoms with Crippen molar-refractivity contribution in [2.45, 2.75) is 11.3 Å². The summed E-state index contributed by atoms with van der Waals surface area (Å²) in [7, 11) is -3.77. The summed E-state index contributed by atoms with van der Waals surface area (Å²) in [5.41, 5.74) is 0.203. The predicted octanol–water partition coefficient (Wildman–Crippen LogP) is 0.187. The Labute approximate surface area is 79.8 Å². The Morgan fingerprint density at radius 1 is 1.36 bits per heavy atom. The van der Waals surface area contributed by atoms with Gasteiger partial charge in [-0.15, -0.1) is 0 Å². The van der Waals surface area contributed by atoms with Gasteiger partial charge in [-0.3, -0.25) is 4.79 Å². The molecule has 0 spiro atoms. The fourth-order valence-electron chi connectivity index (χ4n) is 1.36. The topological polar surface area (TPSA) is 63.2 Å². The second-order valence-electron chi connectivity index (χ2n) is 2.96. The summed E-state index contributed by atoms with van der Waals surface area (Å²) in [6, 6.07) is 3.26. The molecule has 1 aliphatic heterocycles. The number of rotatable bonds is 0. The van der Waals surface area contributed by atoms with Crippen LogP contribution in [0.15, 0.2) is 23.1 Å². The first-order chi connectivity index (χ1) is 6.49. The number of carbonyl (C=O) groups excluding carboxylic acids is 1. The molecular formula is C8H6FNO3S. The van der Waals surface area contributed by atoms with Gasteiger partial charge in [0, 0.05) is 0 Å². The SMILES string of the molecule is O=C1Cc2cc(F)ccc2S(=O)(=O)N1. The van der Waals surface area contributed by atoms with E-state index in [-0.39, 0.29) is 16.9 Å². The molecule has 0 radical (unpaired) electrons. The number of hydrogen-bond donors (Lipinski definition) is 1. The molecule has 0 unspecified atom stereocenters. The first kappa shape index (κ1) is 9.14. The van der Waals surface area contributed by atoms with Crippen molar-refractivity contribution in [3.05, 3.63) is 29.6 Å². The molecule has 0 saturated carbocycles. The zero-order chi connectivity index (χ0) is 10.3. The second kappa shape index (κ2) is 2.78. The lowest BCUT2D eigenvalue weighted by atomic mass is 10.1. The minimum atomic E-state index is -3.77. The maximum absolute atomic E-state index is 12.7. The Morgan fingerprint density at radius 3 is 2.79 bits per heavy atom. The molecule has 0 aromatic heterocycles. The molecule has 0 atom stereocenters. The van der Waals surface area contributed by atoms with E-state index < -0.39 is 21.7 Å². The van der Waals surface area contributed by atoms with Gasteiger partial charge in [-0.1, -0.05) is 0 Å². The lowest BCUT2D eigenvalue weighted by Gasteiger charge is -2.16. The highest BCUT2D eigenvalue weighted by molar-refractivity contribution is 7.90. The van der Waals surface area contributed by atoms with Gasteiger partial charge in [-0.2, -0.15) is 0 Å². The van der Waals surface area contributed by atoms with Crippen molar-refractivity contribution in [2.24, 2.45) is 0 Å². The van der Waals surface area contributed by atoms with E-state index in [1.54, 1.807) is 0 Å². The van der Waals surface area contributed by atoms with Crippen LogP contribution in [0.4, 0.5) is 4.39 Å². The highest BCUT2D eigenvalue weighted by Crippen LogP contribution is 2.21. The van der Waals surface area contributed by atoms with Crippen LogP contribution in [-0.2, 0) is 21.2 Å². The van der Waals surface area contributed by atoms with E-state index in [9.17, 15) is 17.6 Å². The number of benzene rings is 1. The zero-order valence-electron chi connectivity index (χ0n) is 6.95. The normalized spacial score (nSPS) is 18.5. The fraction of sp³-hybridized carbons (Fsp3) is 0.125. The second-order valence-corrected chi connectivity index (χ2v) is 4.61. The standard InChI is InChI=1S/C8H6FNO3S/c9-6-1-2-7-5(3-6)4-8(11)10-14(7,12)13/h1-3H,4H2,(H,10,11). The molecule has 1 aromatic carbocycles. The number of amides is 1. The molecule has 2 rings (SSSR count). The van der Waals surface area contributed by atoms with Crippen molar-refractivity contribution in [1.29, 1.82) is 0 Å². The van der Waals surface area contributed by atoms with Crippen molar-refractivity contribution < 1.29 is 17.6 Å². The van der Waals surface area contributed by atoms with Gasteiger partial charge in [0.1, 0.15) is 5.82 Å². The lowest BCUT2D eigenvalue weighted by molar-refractivity contribution is -0.118. The molecule has 0 fully saturated rings. The average Bonchev–Trinajstić information content (AvgIpc) is 2.00.